The minimum atomic E-state index is -1.02. The molecular formula is C26H28N4O6. The van der Waals surface area contributed by atoms with Crippen molar-refractivity contribution >= 4 is 16.9 Å². The van der Waals surface area contributed by atoms with Crippen LogP contribution in [0.15, 0.2) is 52.4 Å². The summed E-state index contributed by atoms with van der Waals surface area (Å²) in [4.78, 5) is 46.6. The number of nitrogens with one attached hydrogen (secondary N) is 1. The van der Waals surface area contributed by atoms with E-state index in [4.69, 9.17) is 9.47 Å². The van der Waals surface area contributed by atoms with Crippen molar-refractivity contribution in [3.05, 3.63) is 86.1 Å². The first-order valence-corrected chi connectivity index (χ1v) is 11.4. The van der Waals surface area contributed by atoms with Crippen LogP contribution < -0.4 is 15.9 Å². The van der Waals surface area contributed by atoms with Crippen LogP contribution >= 0.6 is 0 Å². The molecule has 10 nitrogen and oxygen atoms in total. The minimum absolute atomic E-state index is 0.0272. The Kier molecular flexibility index (Phi) is 6.96. The summed E-state index contributed by atoms with van der Waals surface area (Å²) < 4.78 is 13.1. The van der Waals surface area contributed by atoms with Gasteiger partial charge in [0.05, 0.1) is 38.0 Å². The minimum Gasteiger partial charge on any atom is -0.507 e. The molecule has 0 saturated heterocycles. The van der Waals surface area contributed by atoms with Gasteiger partial charge in [-0.15, -0.1) is 0 Å². The summed E-state index contributed by atoms with van der Waals surface area (Å²) in [6.07, 6.45) is 3.45. The first-order chi connectivity index (χ1) is 17.2. The van der Waals surface area contributed by atoms with E-state index in [1.54, 1.807) is 50.8 Å². The van der Waals surface area contributed by atoms with Crippen molar-refractivity contribution < 1.29 is 19.4 Å². The van der Waals surface area contributed by atoms with Gasteiger partial charge in [-0.05, 0) is 36.6 Å². The standard InChI is InChI=1S/C26H28N4O6/c1-15-9-22(31)24(26(34)30(15)8-7-17-13-27-14-28-17)19(12-23(32)36-4)20-10-16-5-6-18(35-3)11-21(16)29(2)25(20)33/h5-6,9-11,13-14,19,31H,7-8,12H2,1-4H3,(H,27,28)/t19-/m0/s1. The van der Waals surface area contributed by atoms with E-state index in [1.165, 1.54) is 29.4 Å². The van der Waals surface area contributed by atoms with Gasteiger partial charge in [0, 0.05) is 55.1 Å². The topological polar surface area (TPSA) is 128 Å². The molecule has 0 bridgehead atoms. The Bertz CT molecular complexity index is 1540. The largest absolute Gasteiger partial charge is 0.507 e. The zero-order valence-electron chi connectivity index (χ0n) is 20.6. The third kappa shape index (κ3) is 4.61. The highest BCUT2D eigenvalue weighted by Gasteiger charge is 2.29. The number of ether oxygens (including phenoxy) is 2. The van der Waals surface area contributed by atoms with Crippen LogP contribution in [0.3, 0.4) is 0 Å². The number of aromatic amines is 1. The molecule has 10 heteroatoms. The van der Waals surface area contributed by atoms with Gasteiger partial charge >= 0.3 is 5.97 Å². The first kappa shape index (κ1) is 24.8. The van der Waals surface area contributed by atoms with Gasteiger partial charge in [-0.2, -0.15) is 0 Å². The van der Waals surface area contributed by atoms with Crippen molar-refractivity contribution in [2.75, 3.05) is 14.2 Å². The highest BCUT2D eigenvalue weighted by molar-refractivity contribution is 5.82. The maximum absolute atomic E-state index is 13.7. The van der Waals surface area contributed by atoms with E-state index >= 15 is 0 Å². The maximum atomic E-state index is 13.7. The molecule has 3 heterocycles. The summed E-state index contributed by atoms with van der Waals surface area (Å²) in [5.41, 5.74) is 1.34. The summed E-state index contributed by atoms with van der Waals surface area (Å²) >= 11 is 0. The Balaban J connectivity index is 1.90. The summed E-state index contributed by atoms with van der Waals surface area (Å²) in [6.45, 7) is 2.04. The molecule has 0 spiro atoms. The molecule has 4 aromatic rings. The van der Waals surface area contributed by atoms with E-state index in [-0.39, 0.29) is 23.3 Å². The van der Waals surface area contributed by atoms with Crippen LogP contribution in [0.5, 0.6) is 11.5 Å². The van der Waals surface area contributed by atoms with Crippen LogP contribution in [0.25, 0.3) is 10.9 Å². The Morgan fingerprint density at radius 3 is 2.61 bits per heavy atom. The smallest absolute Gasteiger partial charge is 0.306 e. The van der Waals surface area contributed by atoms with Crippen LogP contribution in [-0.4, -0.2) is 44.4 Å². The van der Waals surface area contributed by atoms with Crippen molar-refractivity contribution in [2.45, 2.75) is 32.2 Å². The third-order valence-corrected chi connectivity index (χ3v) is 6.47. The van der Waals surface area contributed by atoms with Crippen LogP contribution in [-0.2, 0) is 29.5 Å². The van der Waals surface area contributed by atoms with Crippen molar-refractivity contribution in [1.82, 2.24) is 19.1 Å². The molecule has 0 fully saturated rings. The Morgan fingerprint density at radius 2 is 1.94 bits per heavy atom. The molecule has 0 aliphatic carbocycles. The molecule has 1 atom stereocenters. The second kappa shape index (κ2) is 10.1. The number of hydrogen-bond donors (Lipinski definition) is 2. The lowest BCUT2D eigenvalue weighted by Gasteiger charge is -2.21. The molecular weight excluding hydrogens is 464 g/mol. The second-order valence-electron chi connectivity index (χ2n) is 8.59. The molecule has 188 valence electrons. The molecule has 0 radical (unpaired) electrons. The number of imidazole rings is 1. The zero-order chi connectivity index (χ0) is 26.0. The van der Waals surface area contributed by atoms with Crippen LogP contribution in [0.4, 0.5) is 0 Å². The highest BCUT2D eigenvalue weighted by atomic mass is 16.5. The van der Waals surface area contributed by atoms with Crippen LogP contribution in [0, 0.1) is 6.92 Å². The number of aryl methyl sites for hydroxylation is 3. The van der Waals surface area contributed by atoms with Gasteiger partial charge in [0.2, 0.25) is 0 Å². The number of esters is 1. The quantitative estimate of drug-likeness (QED) is 0.361. The van der Waals surface area contributed by atoms with E-state index in [0.717, 1.165) is 5.69 Å². The summed E-state index contributed by atoms with van der Waals surface area (Å²) in [5, 5.41) is 11.6. The molecule has 0 aliphatic heterocycles. The van der Waals surface area contributed by atoms with E-state index < -0.39 is 23.0 Å². The van der Waals surface area contributed by atoms with E-state index in [9.17, 15) is 19.5 Å². The normalized spacial score (nSPS) is 12.0. The summed E-state index contributed by atoms with van der Waals surface area (Å²) in [5.74, 6) is -1.32. The molecule has 0 saturated carbocycles. The molecule has 0 amide bonds. The highest BCUT2D eigenvalue weighted by Crippen LogP contribution is 2.33. The predicted molar refractivity (Wildman–Crippen MR) is 134 cm³/mol. The number of fused-ring (bicyclic) bond motifs is 1. The number of carbonyl (C=O) groups excluding carboxylic acids is 1. The van der Waals surface area contributed by atoms with Crippen molar-refractivity contribution in [3.63, 3.8) is 0 Å². The number of aromatic hydroxyl groups is 1. The van der Waals surface area contributed by atoms with Crippen molar-refractivity contribution in [2.24, 2.45) is 7.05 Å². The van der Waals surface area contributed by atoms with E-state index in [2.05, 4.69) is 9.97 Å². The fourth-order valence-corrected chi connectivity index (χ4v) is 4.49. The molecule has 1 aromatic carbocycles. The lowest BCUT2D eigenvalue weighted by Crippen LogP contribution is -2.32. The monoisotopic (exact) mass is 492 g/mol. The number of rotatable bonds is 8. The van der Waals surface area contributed by atoms with Gasteiger partial charge in [0.1, 0.15) is 11.5 Å². The lowest BCUT2D eigenvalue weighted by molar-refractivity contribution is -0.140. The molecule has 4 rings (SSSR count). The average molecular weight is 493 g/mol. The maximum Gasteiger partial charge on any atom is 0.306 e. The number of benzene rings is 1. The molecule has 3 aromatic heterocycles. The van der Waals surface area contributed by atoms with Crippen LogP contribution in [0.2, 0.25) is 0 Å². The molecule has 0 unspecified atom stereocenters. The van der Waals surface area contributed by atoms with Gasteiger partial charge in [-0.3, -0.25) is 14.4 Å². The van der Waals surface area contributed by atoms with Gasteiger partial charge in [-0.25, -0.2) is 4.98 Å². The average Bonchev–Trinajstić information content (AvgIpc) is 3.38. The van der Waals surface area contributed by atoms with Gasteiger partial charge in [0.25, 0.3) is 11.1 Å². The second-order valence-corrected chi connectivity index (χ2v) is 8.59. The van der Waals surface area contributed by atoms with E-state index in [0.29, 0.717) is 35.3 Å². The van der Waals surface area contributed by atoms with E-state index in [1.807, 2.05) is 0 Å². The number of methoxy groups -OCH3 is 2. The fraction of sp³-hybridized carbons (Fsp3) is 0.308. The van der Waals surface area contributed by atoms with Crippen LogP contribution in [0.1, 0.15) is 34.9 Å². The van der Waals surface area contributed by atoms with Crippen molar-refractivity contribution in [1.29, 1.82) is 0 Å². The molecule has 0 aliphatic rings. The molecule has 2 N–H and O–H groups in total. The number of H-pyrrole nitrogens is 1. The van der Waals surface area contributed by atoms with Gasteiger partial charge in [-0.1, -0.05) is 0 Å². The van der Waals surface area contributed by atoms with Gasteiger partial charge in [0.15, 0.2) is 0 Å². The number of carbonyl (C=O) groups is 1. The Morgan fingerprint density at radius 1 is 1.17 bits per heavy atom. The molecule has 36 heavy (non-hydrogen) atoms. The fourth-order valence-electron chi connectivity index (χ4n) is 4.49. The number of hydrogen-bond acceptors (Lipinski definition) is 7. The van der Waals surface area contributed by atoms with Gasteiger partial charge < -0.3 is 28.7 Å². The van der Waals surface area contributed by atoms with Crippen molar-refractivity contribution in [3.8, 4) is 11.5 Å². The lowest BCUT2D eigenvalue weighted by atomic mass is 9.88. The zero-order valence-corrected chi connectivity index (χ0v) is 20.6. The summed E-state index contributed by atoms with van der Waals surface area (Å²) in [7, 11) is 4.39. The summed E-state index contributed by atoms with van der Waals surface area (Å²) in [6, 6.07) is 8.42. The number of nitrogens with zero attached hydrogens (tertiary/aromatic N) is 3. The Labute approximate surface area is 206 Å². The SMILES string of the molecule is COC(=O)C[C@H](c1c(O)cc(C)n(CCc2cnc[nH]2)c1=O)c1cc2ccc(OC)cc2n(C)c1=O. The number of aromatic nitrogens is 4. The number of pyridine rings is 2. The third-order valence-electron chi connectivity index (χ3n) is 6.47. The Hall–Kier alpha value is -4.34. The predicted octanol–water partition coefficient (Wildman–Crippen LogP) is 2.38. The first-order valence-electron chi connectivity index (χ1n) is 11.4.